The fourth-order valence-corrected chi connectivity index (χ4v) is 12.0. The summed E-state index contributed by atoms with van der Waals surface area (Å²) in [4.78, 5) is 17.8. The summed E-state index contributed by atoms with van der Waals surface area (Å²) in [5.41, 5.74) is 0.671. The standard InChI is InChI=1S/C42H55Cl2F2NO7/c1-22(28-8-9-29-39-30(18-37(50)42(28,29)3)41(2)13-12-26(48)15-25(41)16-33(39)49)4-11-38(51)53-35(17-27-31(43)19-47-20-32(27)44)24-7-10-34(54-40(45)46)36(14-24)52-21-23-5-6-23/h7,10,14,19-20,22-23,25-26,28-30,33,35,37,39-40,48-50H,4-6,8-9,11-13,15-18,21H2,1-3H3. The lowest BCUT2D eigenvalue weighted by atomic mass is 9.43. The molecule has 0 radical (unpaired) electrons. The van der Waals surface area contributed by atoms with Crippen molar-refractivity contribution in [3.05, 3.63) is 51.8 Å². The number of carbonyl (C=O) groups is 1. The van der Waals surface area contributed by atoms with Gasteiger partial charge in [0.25, 0.3) is 0 Å². The molecule has 0 bridgehead atoms. The van der Waals surface area contributed by atoms with E-state index in [0.717, 1.165) is 44.9 Å². The van der Waals surface area contributed by atoms with Crippen molar-refractivity contribution < 1.29 is 43.1 Å². The summed E-state index contributed by atoms with van der Waals surface area (Å²) in [6.07, 6.45) is 9.25. The Labute approximate surface area is 327 Å². The Morgan fingerprint density at radius 3 is 2.43 bits per heavy atom. The van der Waals surface area contributed by atoms with Crippen molar-refractivity contribution in [3.63, 3.8) is 0 Å². The SMILES string of the molecule is CC(CCC(=O)OC(Cc1c(Cl)cncc1Cl)c1ccc(OC(F)F)c(OCC2CC2)c1)C1CCC2C3C(O)CC4CC(O)CCC4(C)C3CC(O)C12C. The van der Waals surface area contributed by atoms with Gasteiger partial charge in [-0.05, 0) is 140 Å². The lowest BCUT2D eigenvalue weighted by Crippen LogP contribution is -2.62. The molecule has 5 aliphatic carbocycles. The lowest BCUT2D eigenvalue weighted by Gasteiger charge is -2.63. The van der Waals surface area contributed by atoms with Gasteiger partial charge < -0.3 is 29.5 Å². The predicted octanol–water partition coefficient (Wildman–Crippen LogP) is 8.98. The Morgan fingerprint density at radius 2 is 1.72 bits per heavy atom. The topological polar surface area (TPSA) is 118 Å². The molecule has 5 aliphatic rings. The summed E-state index contributed by atoms with van der Waals surface area (Å²) < 4.78 is 43.4. The summed E-state index contributed by atoms with van der Waals surface area (Å²) in [6, 6.07) is 4.57. The van der Waals surface area contributed by atoms with Crippen LogP contribution in [0, 0.1) is 52.3 Å². The van der Waals surface area contributed by atoms with Crippen LogP contribution in [0.4, 0.5) is 8.78 Å². The zero-order valence-electron chi connectivity index (χ0n) is 31.4. The van der Waals surface area contributed by atoms with Crippen LogP contribution in [0.3, 0.4) is 0 Å². The molecule has 0 aliphatic heterocycles. The number of benzene rings is 1. The van der Waals surface area contributed by atoms with Crippen molar-refractivity contribution in [1.82, 2.24) is 4.98 Å². The Hall–Kier alpha value is -2.24. The maximum absolute atomic E-state index is 13.7. The van der Waals surface area contributed by atoms with E-state index in [2.05, 4.69) is 25.8 Å². The third kappa shape index (κ3) is 7.85. The molecule has 0 amide bonds. The van der Waals surface area contributed by atoms with Gasteiger partial charge in [0.05, 0.1) is 35.0 Å². The van der Waals surface area contributed by atoms with Crippen LogP contribution in [0.25, 0.3) is 0 Å². The van der Waals surface area contributed by atoms with E-state index in [4.69, 9.17) is 37.4 Å². The Kier molecular flexibility index (Phi) is 11.8. The van der Waals surface area contributed by atoms with E-state index in [-0.39, 0.29) is 76.8 Å². The van der Waals surface area contributed by atoms with Crippen LogP contribution >= 0.6 is 23.2 Å². The molecular weight excluding hydrogens is 739 g/mol. The van der Waals surface area contributed by atoms with Crippen LogP contribution < -0.4 is 9.47 Å². The van der Waals surface area contributed by atoms with Crippen molar-refractivity contribution in [2.24, 2.45) is 52.3 Å². The number of rotatable bonds is 13. The molecule has 298 valence electrons. The fraction of sp³-hybridized carbons (Fsp3) is 0.714. The molecule has 12 unspecified atom stereocenters. The molecule has 54 heavy (non-hydrogen) atoms. The molecule has 0 spiro atoms. The van der Waals surface area contributed by atoms with E-state index in [1.165, 1.54) is 18.5 Å². The second-order valence-electron chi connectivity index (χ2n) is 17.6. The second-order valence-corrected chi connectivity index (χ2v) is 18.5. The molecule has 7 rings (SSSR count). The predicted molar refractivity (Wildman–Crippen MR) is 200 cm³/mol. The molecule has 8 nitrogen and oxygen atoms in total. The van der Waals surface area contributed by atoms with Gasteiger partial charge >= 0.3 is 12.6 Å². The molecule has 12 heteroatoms. The quantitative estimate of drug-likeness (QED) is 0.172. The maximum Gasteiger partial charge on any atom is 0.387 e. The Morgan fingerprint density at radius 1 is 0.981 bits per heavy atom. The van der Waals surface area contributed by atoms with Gasteiger partial charge in [-0.15, -0.1) is 0 Å². The number of hydrogen-bond acceptors (Lipinski definition) is 8. The average molecular weight is 795 g/mol. The van der Waals surface area contributed by atoms with Crippen molar-refractivity contribution in [2.45, 2.75) is 129 Å². The zero-order chi connectivity index (χ0) is 38.5. The largest absolute Gasteiger partial charge is 0.489 e. The monoisotopic (exact) mass is 793 g/mol. The average Bonchev–Trinajstić information content (AvgIpc) is 3.88. The Balaban J connectivity index is 1.06. The number of aliphatic hydroxyl groups excluding tert-OH is 3. The van der Waals surface area contributed by atoms with Gasteiger partial charge in [-0.1, -0.05) is 50.0 Å². The highest BCUT2D eigenvalue weighted by Crippen LogP contribution is 2.68. The van der Waals surface area contributed by atoms with E-state index >= 15 is 0 Å². The number of esters is 1. The van der Waals surface area contributed by atoms with Gasteiger partial charge in [0.1, 0.15) is 6.10 Å². The van der Waals surface area contributed by atoms with E-state index in [1.54, 1.807) is 12.1 Å². The molecular formula is C42H55Cl2F2NO7. The van der Waals surface area contributed by atoms with Gasteiger partial charge in [-0.2, -0.15) is 8.78 Å². The number of pyridine rings is 1. The highest BCUT2D eigenvalue weighted by Gasteiger charge is 2.65. The minimum absolute atomic E-state index is 0.000521. The normalized spacial score (nSPS) is 35.8. The van der Waals surface area contributed by atoms with Gasteiger partial charge in [-0.25, -0.2) is 0 Å². The summed E-state index contributed by atoms with van der Waals surface area (Å²) in [5, 5.41) is 34.7. The number of aromatic nitrogens is 1. The van der Waals surface area contributed by atoms with Gasteiger partial charge in [0, 0.05) is 25.2 Å². The van der Waals surface area contributed by atoms with Gasteiger partial charge in [0.15, 0.2) is 11.5 Å². The molecule has 12 atom stereocenters. The van der Waals surface area contributed by atoms with Crippen LogP contribution in [0.1, 0.15) is 109 Å². The first-order chi connectivity index (χ1) is 25.7. The summed E-state index contributed by atoms with van der Waals surface area (Å²) in [6.45, 7) is 4.03. The number of carbonyl (C=O) groups excluding carboxylic acids is 1. The van der Waals surface area contributed by atoms with Crippen molar-refractivity contribution in [3.8, 4) is 11.5 Å². The first kappa shape index (κ1) is 40.0. The highest BCUT2D eigenvalue weighted by atomic mass is 35.5. The van der Waals surface area contributed by atoms with Gasteiger partial charge in [-0.3, -0.25) is 9.78 Å². The molecule has 2 aromatic rings. The molecule has 5 saturated carbocycles. The molecule has 1 aromatic heterocycles. The van der Waals surface area contributed by atoms with E-state index < -0.39 is 30.9 Å². The van der Waals surface area contributed by atoms with Crippen molar-refractivity contribution in [2.75, 3.05) is 6.61 Å². The number of alkyl halides is 2. The summed E-state index contributed by atoms with van der Waals surface area (Å²) in [7, 11) is 0. The molecule has 5 fully saturated rings. The summed E-state index contributed by atoms with van der Waals surface area (Å²) >= 11 is 13.0. The Bertz CT molecular complexity index is 1640. The number of ether oxygens (including phenoxy) is 3. The number of hydrogen-bond donors (Lipinski definition) is 3. The maximum atomic E-state index is 13.7. The minimum atomic E-state index is -3.03. The van der Waals surface area contributed by atoms with E-state index in [1.807, 2.05) is 0 Å². The van der Waals surface area contributed by atoms with Gasteiger partial charge in [0.2, 0.25) is 0 Å². The van der Waals surface area contributed by atoms with E-state index in [9.17, 15) is 28.9 Å². The number of halogens is 4. The lowest BCUT2D eigenvalue weighted by molar-refractivity contribution is -0.207. The van der Waals surface area contributed by atoms with Crippen LogP contribution in [0.2, 0.25) is 10.0 Å². The molecule has 1 aromatic carbocycles. The minimum Gasteiger partial charge on any atom is -0.489 e. The first-order valence-corrected chi connectivity index (χ1v) is 20.7. The highest BCUT2D eigenvalue weighted by molar-refractivity contribution is 6.35. The van der Waals surface area contributed by atoms with Crippen LogP contribution in [0.5, 0.6) is 11.5 Å². The van der Waals surface area contributed by atoms with Crippen molar-refractivity contribution >= 4 is 29.2 Å². The zero-order valence-corrected chi connectivity index (χ0v) is 33.0. The van der Waals surface area contributed by atoms with Crippen LogP contribution in [-0.4, -0.2) is 57.8 Å². The third-order valence-corrected chi connectivity index (χ3v) is 15.3. The molecule has 0 saturated heterocycles. The fourth-order valence-electron chi connectivity index (χ4n) is 11.5. The van der Waals surface area contributed by atoms with Crippen LogP contribution in [0.15, 0.2) is 30.6 Å². The smallest absolute Gasteiger partial charge is 0.387 e. The number of nitrogens with zero attached hydrogens (tertiary/aromatic N) is 1. The first-order valence-electron chi connectivity index (χ1n) is 19.9. The molecule has 3 N–H and O–H groups in total. The third-order valence-electron chi connectivity index (χ3n) is 14.7. The summed E-state index contributed by atoms with van der Waals surface area (Å²) in [5.74, 6) is 1.01. The van der Waals surface area contributed by atoms with Crippen molar-refractivity contribution in [1.29, 1.82) is 0 Å². The second kappa shape index (κ2) is 16.0. The van der Waals surface area contributed by atoms with Crippen LogP contribution in [-0.2, 0) is 16.0 Å². The number of fused-ring (bicyclic) bond motifs is 5. The van der Waals surface area contributed by atoms with E-state index in [0.29, 0.717) is 53.0 Å². The molecule has 1 heterocycles. The number of aliphatic hydroxyl groups is 3.